The van der Waals surface area contributed by atoms with E-state index in [0.29, 0.717) is 23.0 Å². The fraction of sp³-hybridized carbons (Fsp3) is 0.303. The second kappa shape index (κ2) is 13.8. The monoisotopic (exact) mass is 734 g/mol. The zero-order valence-corrected chi connectivity index (χ0v) is 27.4. The van der Waals surface area contributed by atoms with E-state index in [4.69, 9.17) is 20.3 Å². The minimum absolute atomic E-state index is 0.0263. The number of alkyl halides is 6. The molecule has 0 saturated heterocycles. The van der Waals surface area contributed by atoms with Gasteiger partial charge in [0.1, 0.15) is 18.0 Å². The second-order valence-corrected chi connectivity index (χ2v) is 12.8. The Morgan fingerprint density at radius 3 is 2.41 bits per heavy atom. The number of hydrogen-bond donors (Lipinski definition) is 1. The Hall–Kier alpha value is -5.26. The number of anilines is 1. The second-order valence-electron chi connectivity index (χ2n) is 11.6. The Bertz CT molecular complexity index is 1990. The molecule has 51 heavy (non-hydrogen) atoms. The Labute approximate surface area is 290 Å². The first-order valence-corrected chi connectivity index (χ1v) is 16.2. The number of rotatable bonds is 6. The lowest BCUT2D eigenvalue weighted by Crippen LogP contribution is -2.46. The van der Waals surface area contributed by atoms with Gasteiger partial charge in [0.25, 0.3) is 5.91 Å². The fourth-order valence-electron chi connectivity index (χ4n) is 6.08. The minimum atomic E-state index is -4.80. The number of aromatic nitrogens is 3. The average molecular weight is 735 g/mol. The van der Waals surface area contributed by atoms with Crippen LogP contribution in [0.1, 0.15) is 51.5 Å². The van der Waals surface area contributed by atoms with Gasteiger partial charge in [0.2, 0.25) is 0 Å². The maximum Gasteiger partial charge on any atom is 0.446 e. The van der Waals surface area contributed by atoms with E-state index < -0.39 is 47.1 Å². The summed E-state index contributed by atoms with van der Waals surface area (Å²) in [4.78, 5) is 45.3. The normalized spacial score (nSPS) is 15.9. The van der Waals surface area contributed by atoms with Crippen LogP contribution in [0.2, 0.25) is 0 Å². The van der Waals surface area contributed by atoms with Gasteiger partial charge in [-0.3, -0.25) is 14.6 Å². The zero-order valence-electron chi connectivity index (χ0n) is 26.6. The molecule has 11 nitrogen and oxygen atoms in total. The molecule has 2 aliphatic heterocycles. The van der Waals surface area contributed by atoms with Crippen LogP contribution in [0.3, 0.4) is 0 Å². The lowest BCUT2D eigenvalue weighted by Gasteiger charge is -2.38. The Kier molecular flexibility index (Phi) is 9.63. The number of nitrogens with two attached hydrogens (primary N) is 1. The molecule has 0 spiro atoms. The van der Waals surface area contributed by atoms with Gasteiger partial charge in [-0.2, -0.15) is 31.4 Å². The van der Waals surface area contributed by atoms with Crippen molar-refractivity contribution in [3.63, 3.8) is 0 Å². The first-order chi connectivity index (χ1) is 24.1. The summed E-state index contributed by atoms with van der Waals surface area (Å²) in [6.45, 7) is 1.04. The van der Waals surface area contributed by atoms with E-state index in [1.54, 1.807) is 24.3 Å². The van der Waals surface area contributed by atoms with E-state index >= 15 is 0 Å². The van der Waals surface area contributed by atoms with E-state index in [0.717, 1.165) is 24.8 Å². The van der Waals surface area contributed by atoms with E-state index in [1.807, 2.05) is 6.07 Å². The molecule has 2 aliphatic rings. The number of ether oxygens (including phenoxy) is 2. The quantitative estimate of drug-likeness (QED) is 0.104. The summed E-state index contributed by atoms with van der Waals surface area (Å²) in [6, 6.07) is 12.2. The molecular formula is C33H28F6N6O5S. The van der Waals surface area contributed by atoms with Crippen molar-refractivity contribution in [2.45, 2.75) is 49.0 Å². The summed E-state index contributed by atoms with van der Waals surface area (Å²) < 4.78 is 91.8. The van der Waals surface area contributed by atoms with Gasteiger partial charge < -0.3 is 25.0 Å². The third-order valence-corrected chi connectivity index (χ3v) is 8.96. The van der Waals surface area contributed by atoms with Crippen LogP contribution < -0.4 is 10.5 Å². The van der Waals surface area contributed by atoms with Crippen LogP contribution in [-0.4, -0.2) is 67.7 Å². The molecule has 2 amide bonds. The molecule has 0 saturated carbocycles. The van der Waals surface area contributed by atoms with E-state index in [-0.39, 0.29) is 72.7 Å². The summed E-state index contributed by atoms with van der Waals surface area (Å²) in [5.41, 5.74) is 1.73. The molecular weight excluding hydrogens is 706 g/mol. The van der Waals surface area contributed by atoms with E-state index in [1.165, 1.54) is 26.6 Å². The van der Waals surface area contributed by atoms with Crippen molar-refractivity contribution < 1.29 is 50.2 Å². The van der Waals surface area contributed by atoms with Crippen LogP contribution in [-0.2, 0) is 35.2 Å². The highest BCUT2D eigenvalue weighted by molar-refractivity contribution is 8.00. The number of benzene rings is 2. The average Bonchev–Trinajstić information content (AvgIpc) is 3.31. The summed E-state index contributed by atoms with van der Waals surface area (Å²) in [5, 5.41) is 4.74. The van der Waals surface area contributed by atoms with Crippen molar-refractivity contribution in [3.05, 3.63) is 94.6 Å². The molecule has 2 aromatic carbocycles. The molecule has 4 heterocycles. The number of thioether (sulfide) groups is 1. The van der Waals surface area contributed by atoms with Crippen molar-refractivity contribution in [2.75, 3.05) is 25.4 Å². The van der Waals surface area contributed by atoms with Crippen molar-refractivity contribution in [2.24, 2.45) is 0 Å². The lowest BCUT2D eigenvalue weighted by molar-refractivity contribution is -0.141. The predicted octanol–water partition coefficient (Wildman–Crippen LogP) is 6.34. The first kappa shape index (κ1) is 35.6. The van der Waals surface area contributed by atoms with E-state index in [2.05, 4.69) is 4.98 Å². The fourth-order valence-corrected chi connectivity index (χ4v) is 6.64. The standard InChI is InChI=1S/C33H28F6N6O5S/c1-18(46)50-27-13-20(51-33(37,38)39)7-8-24(27)45-25-10-12-44(30(47)21-15-41-28(14-22(21)40)32(34,35)36)26-16-43(11-9-23(42-45)29(25)26)31(48)49-17-19-5-3-2-4-6-19/h2-8,13-15,26H,9-12,16-17H2,1H3,(H2,40,41). The zero-order chi connectivity index (χ0) is 36.7. The molecule has 0 bridgehead atoms. The molecule has 18 heteroatoms. The van der Waals surface area contributed by atoms with Crippen LogP contribution in [0.25, 0.3) is 5.69 Å². The third kappa shape index (κ3) is 7.74. The number of carbonyl (C=O) groups excluding carboxylic acids is 3. The third-order valence-electron chi connectivity index (χ3n) is 8.24. The van der Waals surface area contributed by atoms with Crippen molar-refractivity contribution in [3.8, 4) is 11.4 Å². The predicted molar refractivity (Wildman–Crippen MR) is 170 cm³/mol. The van der Waals surface area contributed by atoms with Gasteiger partial charge in [-0.25, -0.2) is 9.48 Å². The number of halogens is 6. The minimum Gasteiger partial charge on any atom is -0.445 e. The number of esters is 1. The molecule has 2 N–H and O–H groups in total. The Morgan fingerprint density at radius 2 is 1.75 bits per heavy atom. The number of carbonyl (C=O) groups is 3. The van der Waals surface area contributed by atoms with Gasteiger partial charge in [-0.1, -0.05) is 30.3 Å². The molecule has 0 aliphatic carbocycles. The van der Waals surface area contributed by atoms with Crippen LogP contribution in [0, 0.1) is 0 Å². The van der Waals surface area contributed by atoms with Crippen LogP contribution in [0.4, 0.5) is 36.8 Å². The molecule has 1 atom stereocenters. The van der Waals surface area contributed by atoms with Crippen molar-refractivity contribution in [1.82, 2.24) is 24.6 Å². The van der Waals surface area contributed by atoms with Gasteiger partial charge in [-0.05, 0) is 41.6 Å². The molecule has 1 unspecified atom stereocenters. The van der Waals surface area contributed by atoms with Gasteiger partial charge >= 0.3 is 23.7 Å². The highest BCUT2D eigenvalue weighted by Crippen LogP contribution is 2.42. The van der Waals surface area contributed by atoms with Gasteiger partial charge in [0.05, 0.1) is 23.0 Å². The summed E-state index contributed by atoms with van der Waals surface area (Å²) in [7, 11) is 0. The topological polar surface area (TPSA) is 133 Å². The van der Waals surface area contributed by atoms with Crippen LogP contribution >= 0.6 is 11.8 Å². The molecule has 2 aromatic heterocycles. The summed E-state index contributed by atoms with van der Waals surface area (Å²) >= 11 is -0.385. The number of pyridine rings is 1. The smallest absolute Gasteiger partial charge is 0.445 e. The number of nitrogens with zero attached hydrogens (tertiary/aromatic N) is 5. The summed E-state index contributed by atoms with van der Waals surface area (Å²) in [5.74, 6) is -1.71. The maximum atomic E-state index is 14.0. The number of hydrogen-bond acceptors (Lipinski definition) is 9. The lowest BCUT2D eigenvalue weighted by atomic mass is 9.94. The van der Waals surface area contributed by atoms with Gasteiger partial charge in [0, 0.05) is 61.7 Å². The first-order valence-electron chi connectivity index (χ1n) is 15.4. The van der Waals surface area contributed by atoms with Crippen molar-refractivity contribution in [1.29, 1.82) is 0 Å². The maximum absolute atomic E-state index is 14.0. The highest BCUT2D eigenvalue weighted by Gasteiger charge is 2.42. The van der Waals surface area contributed by atoms with Gasteiger partial charge in [0.15, 0.2) is 5.75 Å². The SMILES string of the molecule is CC(=O)Oc1cc(SC(F)(F)F)ccc1-n1nc2c3c1CCN(C(=O)c1cnc(C(F)(F)F)cc1N)C3CN(C(=O)OCc1ccccc1)CC2. The molecule has 0 radical (unpaired) electrons. The Balaban J connectivity index is 1.39. The molecule has 268 valence electrons. The summed E-state index contributed by atoms with van der Waals surface area (Å²) in [6.07, 6.45) is -4.43. The van der Waals surface area contributed by atoms with Crippen LogP contribution in [0.5, 0.6) is 5.75 Å². The van der Waals surface area contributed by atoms with E-state index in [9.17, 15) is 40.7 Å². The number of nitrogen functional groups attached to an aromatic ring is 1. The molecule has 4 aromatic rings. The molecule has 0 fully saturated rings. The molecule has 6 rings (SSSR count). The van der Waals surface area contributed by atoms with Crippen molar-refractivity contribution >= 4 is 35.4 Å². The largest absolute Gasteiger partial charge is 0.446 e. The number of amides is 2. The van der Waals surface area contributed by atoms with Gasteiger partial charge in [-0.15, -0.1) is 0 Å². The highest BCUT2D eigenvalue weighted by atomic mass is 32.2. The Morgan fingerprint density at radius 1 is 1.00 bits per heavy atom. The van der Waals surface area contributed by atoms with Crippen LogP contribution in [0.15, 0.2) is 65.7 Å².